The number of hydrogen-bond donors (Lipinski definition) is 1. The fourth-order valence-corrected chi connectivity index (χ4v) is 2.11. The third-order valence-corrected chi connectivity index (χ3v) is 3.06. The standard InChI is InChI=1S/C12H14N4O/c17-11-3-1-10(2-4-11)7-15-5-6-16-9-13-14-12(16)8-15/h1-4,9,17H,5-8H2. The van der Waals surface area contributed by atoms with Crippen molar-refractivity contribution in [2.45, 2.75) is 19.6 Å². The zero-order valence-electron chi connectivity index (χ0n) is 9.45. The van der Waals surface area contributed by atoms with Crippen molar-refractivity contribution >= 4 is 0 Å². The van der Waals surface area contributed by atoms with Crippen molar-refractivity contribution in [3.63, 3.8) is 0 Å². The fourth-order valence-electron chi connectivity index (χ4n) is 2.11. The van der Waals surface area contributed by atoms with Crippen molar-refractivity contribution in [3.8, 4) is 5.75 Å². The first kappa shape index (κ1) is 10.3. The normalized spacial score (nSPS) is 15.8. The van der Waals surface area contributed by atoms with Crippen LogP contribution >= 0.6 is 0 Å². The van der Waals surface area contributed by atoms with Gasteiger partial charge in [0.1, 0.15) is 17.9 Å². The summed E-state index contributed by atoms with van der Waals surface area (Å²) >= 11 is 0. The van der Waals surface area contributed by atoms with E-state index < -0.39 is 0 Å². The number of aromatic nitrogens is 3. The highest BCUT2D eigenvalue weighted by molar-refractivity contribution is 5.25. The number of hydrogen-bond acceptors (Lipinski definition) is 4. The summed E-state index contributed by atoms with van der Waals surface area (Å²) in [5.41, 5.74) is 1.20. The summed E-state index contributed by atoms with van der Waals surface area (Å²) in [5.74, 6) is 1.34. The largest absolute Gasteiger partial charge is 0.508 e. The zero-order valence-corrected chi connectivity index (χ0v) is 9.45. The van der Waals surface area contributed by atoms with Crippen molar-refractivity contribution in [2.24, 2.45) is 0 Å². The third kappa shape index (κ3) is 2.14. The van der Waals surface area contributed by atoms with Crippen LogP contribution < -0.4 is 0 Å². The summed E-state index contributed by atoms with van der Waals surface area (Å²) in [6.45, 7) is 3.67. The van der Waals surface area contributed by atoms with E-state index in [4.69, 9.17) is 0 Å². The van der Waals surface area contributed by atoms with E-state index in [-0.39, 0.29) is 0 Å². The van der Waals surface area contributed by atoms with Gasteiger partial charge in [-0.25, -0.2) is 0 Å². The van der Waals surface area contributed by atoms with E-state index in [0.29, 0.717) is 5.75 Å². The van der Waals surface area contributed by atoms with E-state index in [1.54, 1.807) is 18.5 Å². The van der Waals surface area contributed by atoms with E-state index in [1.807, 2.05) is 12.1 Å². The molecule has 3 rings (SSSR count). The molecule has 0 bridgehead atoms. The molecule has 0 fully saturated rings. The molecule has 0 saturated heterocycles. The summed E-state index contributed by atoms with van der Waals surface area (Å²) in [5, 5.41) is 17.2. The lowest BCUT2D eigenvalue weighted by Crippen LogP contribution is -2.33. The van der Waals surface area contributed by atoms with Crippen molar-refractivity contribution in [1.82, 2.24) is 19.7 Å². The van der Waals surface area contributed by atoms with Gasteiger partial charge in [0.2, 0.25) is 0 Å². The van der Waals surface area contributed by atoms with Crippen LogP contribution in [0.15, 0.2) is 30.6 Å². The van der Waals surface area contributed by atoms with E-state index >= 15 is 0 Å². The molecule has 0 unspecified atom stereocenters. The molecule has 1 N–H and O–H groups in total. The van der Waals surface area contributed by atoms with Crippen molar-refractivity contribution in [3.05, 3.63) is 42.0 Å². The van der Waals surface area contributed by atoms with Crippen LogP contribution in [0.25, 0.3) is 0 Å². The highest BCUT2D eigenvalue weighted by Crippen LogP contribution is 2.15. The Kier molecular flexibility index (Phi) is 2.53. The van der Waals surface area contributed by atoms with E-state index in [0.717, 1.165) is 32.0 Å². The molecule has 0 atom stereocenters. The number of phenols is 1. The van der Waals surface area contributed by atoms with Crippen LogP contribution in [0.5, 0.6) is 5.75 Å². The van der Waals surface area contributed by atoms with Crippen LogP contribution in [0.1, 0.15) is 11.4 Å². The van der Waals surface area contributed by atoms with Gasteiger partial charge >= 0.3 is 0 Å². The summed E-state index contributed by atoms with van der Waals surface area (Å²) in [6.07, 6.45) is 1.78. The number of fused-ring (bicyclic) bond motifs is 1. The molecule has 0 spiro atoms. The maximum absolute atomic E-state index is 9.23. The topological polar surface area (TPSA) is 54.2 Å². The summed E-state index contributed by atoms with van der Waals surface area (Å²) < 4.78 is 2.09. The quantitative estimate of drug-likeness (QED) is 0.836. The Labute approximate surface area is 99.3 Å². The Morgan fingerprint density at radius 2 is 2.00 bits per heavy atom. The minimum atomic E-state index is 0.312. The fraction of sp³-hybridized carbons (Fsp3) is 0.333. The van der Waals surface area contributed by atoms with Gasteiger partial charge in [-0.05, 0) is 17.7 Å². The number of benzene rings is 1. The van der Waals surface area contributed by atoms with Crippen molar-refractivity contribution < 1.29 is 5.11 Å². The molecule has 2 heterocycles. The van der Waals surface area contributed by atoms with Gasteiger partial charge in [0.25, 0.3) is 0 Å². The smallest absolute Gasteiger partial charge is 0.147 e. The van der Waals surface area contributed by atoms with Crippen LogP contribution in [-0.4, -0.2) is 31.3 Å². The molecule has 0 saturated carbocycles. The minimum absolute atomic E-state index is 0.312. The molecule has 0 aliphatic carbocycles. The number of nitrogens with zero attached hydrogens (tertiary/aromatic N) is 4. The highest BCUT2D eigenvalue weighted by atomic mass is 16.3. The minimum Gasteiger partial charge on any atom is -0.508 e. The van der Waals surface area contributed by atoms with Gasteiger partial charge in [-0.3, -0.25) is 4.90 Å². The first-order valence-electron chi connectivity index (χ1n) is 5.68. The van der Waals surface area contributed by atoms with Crippen LogP contribution in [0.2, 0.25) is 0 Å². The first-order valence-corrected chi connectivity index (χ1v) is 5.68. The van der Waals surface area contributed by atoms with Gasteiger partial charge in [0, 0.05) is 19.6 Å². The van der Waals surface area contributed by atoms with Crippen LogP contribution in [0.3, 0.4) is 0 Å². The number of aromatic hydroxyl groups is 1. The monoisotopic (exact) mass is 230 g/mol. The van der Waals surface area contributed by atoms with Gasteiger partial charge in [0.05, 0.1) is 6.54 Å². The Morgan fingerprint density at radius 3 is 2.82 bits per heavy atom. The molecule has 1 aliphatic rings. The average Bonchev–Trinajstić information content (AvgIpc) is 2.79. The number of rotatable bonds is 2. The SMILES string of the molecule is Oc1ccc(CN2CCn3cnnc3C2)cc1. The second-order valence-corrected chi connectivity index (χ2v) is 4.32. The molecule has 5 nitrogen and oxygen atoms in total. The van der Waals surface area contributed by atoms with Gasteiger partial charge in [-0.1, -0.05) is 12.1 Å². The summed E-state index contributed by atoms with van der Waals surface area (Å²) in [4.78, 5) is 2.33. The van der Waals surface area contributed by atoms with Gasteiger partial charge in [0.15, 0.2) is 0 Å². The highest BCUT2D eigenvalue weighted by Gasteiger charge is 2.17. The molecule has 0 radical (unpaired) electrons. The first-order chi connectivity index (χ1) is 8.31. The van der Waals surface area contributed by atoms with E-state index in [1.165, 1.54) is 5.56 Å². The maximum Gasteiger partial charge on any atom is 0.147 e. The molecular weight excluding hydrogens is 216 g/mol. The molecule has 88 valence electrons. The molecule has 1 aromatic carbocycles. The van der Waals surface area contributed by atoms with Crippen LogP contribution in [0.4, 0.5) is 0 Å². The molecule has 0 amide bonds. The molecule has 17 heavy (non-hydrogen) atoms. The molecule has 1 aromatic heterocycles. The van der Waals surface area contributed by atoms with Crippen molar-refractivity contribution in [1.29, 1.82) is 0 Å². The molecule has 1 aliphatic heterocycles. The molecule has 2 aromatic rings. The van der Waals surface area contributed by atoms with Gasteiger partial charge < -0.3 is 9.67 Å². The molecule has 5 heteroatoms. The van der Waals surface area contributed by atoms with Gasteiger partial charge in [-0.15, -0.1) is 10.2 Å². The summed E-state index contributed by atoms with van der Waals surface area (Å²) in [6, 6.07) is 7.35. The zero-order chi connectivity index (χ0) is 11.7. The number of phenolic OH excluding ortho intramolecular Hbond substituents is 1. The van der Waals surface area contributed by atoms with Crippen LogP contribution in [-0.2, 0) is 19.6 Å². The van der Waals surface area contributed by atoms with E-state index in [2.05, 4.69) is 19.7 Å². The van der Waals surface area contributed by atoms with E-state index in [9.17, 15) is 5.11 Å². The third-order valence-electron chi connectivity index (χ3n) is 3.06. The lowest BCUT2D eigenvalue weighted by Gasteiger charge is -2.26. The van der Waals surface area contributed by atoms with Crippen LogP contribution in [0, 0.1) is 0 Å². The average molecular weight is 230 g/mol. The maximum atomic E-state index is 9.23. The Morgan fingerprint density at radius 1 is 1.18 bits per heavy atom. The predicted molar refractivity (Wildman–Crippen MR) is 62.2 cm³/mol. The predicted octanol–water partition coefficient (Wildman–Crippen LogP) is 1.000. The second kappa shape index (κ2) is 4.18. The lowest BCUT2D eigenvalue weighted by atomic mass is 10.2. The second-order valence-electron chi connectivity index (χ2n) is 4.32. The summed E-state index contributed by atoms with van der Waals surface area (Å²) in [7, 11) is 0. The van der Waals surface area contributed by atoms with Crippen molar-refractivity contribution in [2.75, 3.05) is 6.54 Å². The Bertz CT molecular complexity index is 505. The van der Waals surface area contributed by atoms with Gasteiger partial charge in [-0.2, -0.15) is 0 Å². The molecular formula is C12H14N4O. The Balaban J connectivity index is 1.69. The lowest BCUT2D eigenvalue weighted by molar-refractivity contribution is 0.209. The Hall–Kier alpha value is -1.88.